The normalized spacial score (nSPS) is 21.0. The highest BCUT2D eigenvalue weighted by Gasteiger charge is 2.47. The van der Waals surface area contributed by atoms with Gasteiger partial charge < -0.3 is 4.90 Å². The van der Waals surface area contributed by atoms with Gasteiger partial charge in [-0.1, -0.05) is 81.6 Å². The van der Waals surface area contributed by atoms with Crippen molar-refractivity contribution in [2.45, 2.75) is 77.2 Å². The van der Waals surface area contributed by atoms with Gasteiger partial charge in [-0.2, -0.15) is 0 Å². The van der Waals surface area contributed by atoms with E-state index in [1.54, 1.807) is 0 Å². The molecule has 1 aliphatic rings. The molecule has 1 aliphatic heterocycles. The first-order chi connectivity index (χ1) is 12.9. The zero-order chi connectivity index (χ0) is 19.5. The van der Waals surface area contributed by atoms with Gasteiger partial charge in [0, 0.05) is 23.1 Å². The summed E-state index contributed by atoms with van der Waals surface area (Å²) >= 11 is 0. The average molecular weight is 364 g/mol. The monoisotopic (exact) mass is 363 g/mol. The first-order valence-electron chi connectivity index (χ1n) is 10.4. The Morgan fingerprint density at radius 1 is 0.926 bits per heavy atom. The van der Waals surface area contributed by atoms with Gasteiger partial charge in [-0.3, -0.25) is 4.79 Å². The predicted octanol–water partition coefficient (Wildman–Crippen LogP) is 6.48. The number of hydrogen-bond donors (Lipinski definition) is 0. The summed E-state index contributed by atoms with van der Waals surface area (Å²) < 4.78 is 0. The molecule has 2 nitrogen and oxygen atoms in total. The fourth-order valence-corrected chi connectivity index (χ4v) is 4.85. The second-order valence-electron chi connectivity index (χ2n) is 8.74. The van der Waals surface area contributed by atoms with Crippen LogP contribution in [0.1, 0.15) is 77.3 Å². The van der Waals surface area contributed by atoms with Crippen LogP contribution in [0.2, 0.25) is 0 Å². The van der Waals surface area contributed by atoms with Crippen LogP contribution in [0.3, 0.4) is 0 Å². The van der Waals surface area contributed by atoms with Crippen molar-refractivity contribution < 1.29 is 4.79 Å². The Morgan fingerprint density at radius 2 is 1.59 bits per heavy atom. The minimum atomic E-state index is -0.221. The van der Waals surface area contributed by atoms with Crippen molar-refractivity contribution in [1.29, 1.82) is 0 Å². The quantitative estimate of drug-likeness (QED) is 0.538. The van der Waals surface area contributed by atoms with Gasteiger partial charge in [-0.25, -0.2) is 0 Å². The number of carbonyl (C=O) groups is 1. The van der Waals surface area contributed by atoms with Crippen molar-refractivity contribution in [2.75, 3.05) is 4.90 Å². The lowest BCUT2D eigenvalue weighted by atomic mass is 9.65. The molecule has 0 fully saturated rings. The predicted molar refractivity (Wildman–Crippen MR) is 114 cm³/mol. The van der Waals surface area contributed by atoms with E-state index >= 15 is 0 Å². The lowest BCUT2D eigenvalue weighted by Crippen LogP contribution is -2.55. The number of carbonyl (C=O) groups excluding carboxylic acids is 1. The first kappa shape index (κ1) is 19.7. The molecular weight excluding hydrogens is 330 g/mol. The van der Waals surface area contributed by atoms with Gasteiger partial charge in [0.2, 0.25) is 5.91 Å². The van der Waals surface area contributed by atoms with E-state index in [-0.39, 0.29) is 16.9 Å². The van der Waals surface area contributed by atoms with E-state index in [1.807, 2.05) is 0 Å². The van der Waals surface area contributed by atoms with E-state index in [9.17, 15) is 4.79 Å². The largest absolute Gasteiger partial charge is 0.307 e. The zero-order valence-corrected chi connectivity index (χ0v) is 17.3. The number of hydrogen-bond acceptors (Lipinski definition) is 1. The molecule has 1 atom stereocenters. The van der Waals surface area contributed by atoms with Crippen LogP contribution in [-0.2, 0) is 10.2 Å². The van der Waals surface area contributed by atoms with Gasteiger partial charge in [0.05, 0.1) is 0 Å². The van der Waals surface area contributed by atoms with Gasteiger partial charge in [0.25, 0.3) is 0 Å². The minimum absolute atomic E-state index is 0.0969. The average Bonchev–Trinajstić information content (AvgIpc) is 2.65. The Bertz CT molecular complexity index is 780. The van der Waals surface area contributed by atoms with E-state index in [0.717, 1.165) is 24.9 Å². The number of benzene rings is 2. The number of nitrogens with zero attached hydrogens (tertiary/aromatic N) is 1. The molecule has 0 aliphatic carbocycles. The molecule has 144 valence electrons. The molecule has 27 heavy (non-hydrogen) atoms. The fraction of sp³-hybridized carbons (Fsp3) is 0.480. The van der Waals surface area contributed by atoms with Crippen LogP contribution in [-0.4, -0.2) is 11.4 Å². The van der Waals surface area contributed by atoms with Crippen LogP contribution in [0, 0.1) is 0 Å². The Kier molecular flexibility index (Phi) is 5.74. The highest BCUT2D eigenvalue weighted by molar-refractivity contribution is 5.96. The van der Waals surface area contributed by atoms with E-state index in [2.05, 4.69) is 87.2 Å². The molecule has 0 N–H and O–H groups in total. The number of para-hydroxylation sites is 1. The number of unbranched alkanes of at least 4 members (excludes halogenated alkanes) is 3. The summed E-state index contributed by atoms with van der Waals surface area (Å²) in [6.07, 6.45) is 6.08. The molecule has 2 aromatic rings. The summed E-state index contributed by atoms with van der Waals surface area (Å²) in [5.74, 6) is 0.263. The standard InChI is InChI=1S/C25H33NO/c1-5-6-7-11-18-23(27)26-22-17-13-12-16-21(22)25(4,19-24(26,2)3)20-14-9-8-10-15-20/h8-10,12-17H,5-7,11,18-19H2,1-4H3. The van der Waals surface area contributed by atoms with Crippen LogP contribution in [0.25, 0.3) is 0 Å². The van der Waals surface area contributed by atoms with Crippen LogP contribution >= 0.6 is 0 Å². The van der Waals surface area contributed by atoms with Gasteiger partial charge in [0.15, 0.2) is 0 Å². The molecule has 0 aromatic heterocycles. The maximum Gasteiger partial charge on any atom is 0.227 e. The third-order valence-electron chi connectivity index (χ3n) is 6.04. The highest BCUT2D eigenvalue weighted by atomic mass is 16.2. The molecule has 0 bridgehead atoms. The Morgan fingerprint density at radius 3 is 2.30 bits per heavy atom. The summed E-state index contributed by atoms with van der Waals surface area (Å²) in [6, 6.07) is 19.2. The molecule has 3 rings (SSSR count). The van der Waals surface area contributed by atoms with Crippen molar-refractivity contribution in [3.8, 4) is 0 Å². The summed E-state index contributed by atoms with van der Waals surface area (Å²) in [5, 5.41) is 0. The van der Waals surface area contributed by atoms with Crippen molar-refractivity contribution in [3.63, 3.8) is 0 Å². The van der Waals surface area contributed by atoms with Gasteiger partial charge in [-0.15, -0.1) is 0 Å². The maximum atomic E-state index is 13.2. The third kappa shape index (κ3) is 3.81. The summed E-state index contributed by atoms with van der Waals surface area (Å²) in [4.78, 5) is 15.3. The van der Waals surface area contributed by atoms with E-state index in [0.29, 0.717) is 6.42 Å². The molecule has 2 aromatic carbocycles. The van der Waals surface area contributed by atoms with Gasteiger partial charge in [0.1, 0.15) is 0 Å². The molecular formula is C25H33NO. The van der Waals surface area contributed by atoms with Crippen LogP contribution in [0.15, 0.2) is 54.6 Å². The third-order valence-corrected chi connectivity index (χ3v) is 6.04. The van der Waals surface area contributed by atoms with Crippen LogP contribution in [0.5, 0.6) is 0 Å². The molecule has 1 amide bonds. The molecule has 0 radical (unpaired) electrons. The van der Waals surface area contributed by atoms with Crippen molar-refractivity contribution >= 4 is 11.6 Å². The van der Waals surface area contributed by atoms with Gasteiger partial charge >= 0.3 is 0 Å². The summed E-state index contributed by atoms with van der Waals surface area (Å²) in [7, 11) is 0. The molecule has 0 saturated heterocycles. The van der Waals surface area contributed by atoms with Crippen molar-refractivity contribution in [2.24, 2.45) is 0 Å². The van der Waals surface area contributed by atoms with Crippen molar-refractivity contribution in [1.82, 2.24) is 0 Å². The van der Waals surface area contributed by atoms with Crippen LogP contribution in [0.4, 0.5) is 5.69 Å². The lowest BCUT2D eigenvalue weighted by molar-refractivity contribution is -0.120. The number of amides is 1. The molecule has 1 unspecified atom stereocenters. The highest BCUT2D eigenvalue weighted by Crippen LogP contribution is 2.50. The van der Waals surface area contributed by atoms with E-state index in [1.165, 1.54) is 24.0 Å². The Hall–Kier alpha value is -2.09. The fourth-order valence-electron chi connectivity index (χ4n) is 4.85. The summed E-state index contributed by atoms with van der Waals surface area (Å²) in [6.45, 7) is 8.96. The van der Waals surface area contributed by atoms with E-state index < -0.39 is 0 Å². The maximum absolute atomic E-state index is 13.2. The second kappa shape index (κ2) is 7.88. The topological polar surface area (TPSA) is 20.3 Å². The van der Waals surface area contributed by atoms with Crippen molar-refractivity contribution in [3.05, 3.63) is 65.7 Å². The van der Waals surface area contributed by atoms with Crippen LogP contribution < -0.4 is 4.90 Å². The molecule has 0 spiro atoms. The van der Waals surface area contributed by atoms with E-state index in [4.69, 9.17) is 0 Å². The molecule has 2 heteroatoms. The molecule has 1 heterocycles. The second-order valence-corrected chi connectivity index (χ2v) is 8.74. The lowest BCUT2D eigenvalue weighted by Gasteiger charge is -2.51. The zero-order valence-electron chi connectivity index (χ0n) is 17.3. The first-order valence-corrected chi connectivity index (χ1v) is 10.4. The number of rotatable bonds is 6. The minimum Gasteiger partial charge on any atom is -0.307 e. The van der Waals surface area contributed by atoms with Gasteiger partial charge in [-0.05, 0) is 43.9 Å². The Balaban J connectivity index is 1.99. The summed E-state index contributed by atoms with van der Waals surface area (Å²) in [5.41, 5.74) is 3.35. The smallest absolute Gasteiger partial charge is 0.227 e. The molecule has 0 saturated carbocycles. The SMILES string of the molecule is CCCCCCC(=O)N1c2ccccc2C(C)(c2ccccc2)CC1(C)C. The number of anilines is 1. The Labute approximate surface area is 164 Å². The number of fused-ring (bicyclic) bond motifs is 1.